The molecule has 0 aliphatic rings. The summed E-state index contributed by atoms with van der Waals surface area (Å²) in [6.07, 6.45) is 12.4. The van der Waals surface area contributed by atoms with Crippen LogP contribution in [0, 0.1) is 0 Å². The van der Waals surface area contributed by atoms with Gasteiger partial charge in [-0.05, 0) is 18.6 Å². The first-order valence-electron chi connectivity index (χ1n) is 8.81. The van der Waals surface area contributed by atoms with Crippen LogP contribution >= 0.6 is 0 Å². The molecule has 23 heavy (non-hydrogen) atoms. The third-order valence-corrected chi connectivity index (χ3v) is 8.58. The molecule has 0 aliphatic heterocycles. The third kappa shape index (κ3) is 9.50. The minimum Gasteiger partial charge on any atom is -0.289 e. The molecule has 0 bridgehead atoms. The van der Waals surface area contributed by atoms with Crippen molar-refractivity contribution in [2.45, 2.75) is 76.0 Å². The Kier molecular flexibility index (Phi) is 10.9. The van der Waals surface area contributed by atoms with E-state index in [0.717, 1.165) is 17.7 Å². The Morgan fingerprint density at radius 1 is 0.826 bits per heavy atom. The highest BCUT2D eigenvalue weighted by atomic mass is 32.9. The summed E-state index contributed by atoms with van der Waals surface area (Å²) in [5.74, 6) is 0.590. The van der Waals surface area contributed by atoms with E-state index < -0.39 is 18.5 Å². The molecule has 0 fully saturated rings. The molecule has 0 heterocycles. The smallest absolute Gasteiger partial charge is 0.228 e. The zero-order valence-corrected chi connectivity index (χ0v) is 15.9. The first kappa shape index (κ1) is 20.7. The summed E-state index contributed by atoms with van der Waals surface area (Å²) in [4.78, 5) is 0.776. The van der Waals surface area contributed by atoms with Crippen molar-refractivity contribution in [1.29, 1.82) is 0 Å². The Morgan fingerprint density at radius 2 is 1.30 bits per heavy atom. The van der Waals surface area contributed by atoms with Gasteiger partial charge in [-0.2, -0.15) is 0 Å². The van der Waals surface area contributed by atoms with Crippen molar-refractivity contribution in [1.82, 2.24) is 0 Å². The van der Waals surface area contributed by atoms with E-state index in [4.69, 9.17) is 0 Å². The minimum absolute atomic E-state index is 0.590. The van der Waals surface area contributed by atoms with E-state index in [1.807, 2.05) is 30.3 Å². The second kappa shape index (κ2) is 12.1. The van der Waals surface area contributed by atoms with Gasteiger partial charge in [0.2, 0.25) is 9.05 Å². The predicted molar refractivity (Wildman–Crippen MR) is 102 cm³/mol. The zero-order chi connectivity index (χ0) is 17.0. The average molecular weight is 361 g/mol. The van der Waals surface area contributed by atoms with Gasteiger partial charge in [0.05, 0.1) is 0 Å². The second-order valence-corrected chi connectivity index (χ2v) is 11.0. The molecular weight excluding hydrogens is 328 g/mol. The topological polar surface area (TPSA) is 57.5 Å². The van der Waals surface area contributed by atoms with Crippen LogP contribution in [-0.2, 0) is 18.5 Å². The fourth-order valence-corrected chi connectivity index (χ4v) is 6.37. The quantitative estimate of drug-likeness (QED) is 0.468. The van der Waals surface area contributed by atoms with E-state index in [1.54, 1.807) is 0 Å². The maximum atomic E-state index is 11.7. The number of hydrogen-bond donors (Lipinski definition) is 2. The van der Waals surface area contributed by atoms with E-state index in [0.29, 0.717) is 5.75 Å². The molecular formula is C18H32O3S2. The first-order valence-corrected chi connectivity index (χ1v) is 12.2. The molecule has 0 aliphatic carbocycles. The Labute approximate surface area is 144 Å². The molecule has 1 aromatic rings. The highest BCUT2D eigenvalue weighted by Gasteiger charge is 2.09. The fourth-order valence-electron chi connectivity index (χ4n) is 2.64. The molecule has 0 radical (unpaired) electrons. The maximum absolute atomic E-state index is 11.7. The largest absolute Gasteiger partial charge is 0.289 e. The van der Waals surface area contributed by atoms with Crippen LogP contribution in [0.5, 0.6) is 0 Å². The summed E-state index contributed by atoms with van der Waals surface area (Å²) in [5.41, 5.74) is 0. The number of rotatable bonds is 12. The Bertz CT molecular complexity index is 526. The molecule has 0 amide bonds. The van der Waals surface area contributed by atoms with Gasteiger partial charge in [0.15, 0.2) is 0 Å². The molecule has 134 valence electrons. The van der Waals surface area contributed by atoms with Crippen LogP contribution in [0.15, 0.2) is 35.2 Å². The van der Waals surface area contributed by atoms with Crippen LogP contribution in [0.1, 0.15) is 71.1 Å². The molecule has 0 aromatic heterocycles. The summed E-state index contributed by atoms with van der Waals surface area (Å²) in [6.45, 7) is 2.24. The normalized spacial score (nSPS) is 13.2. The molecule has 3 nitrogen and oxygen atoms in total. The predicted octanol–water partition coefficient (Wildman–Crippen LogP) is 5.73. The summed E-state index contributed by atoms with van der Waals surface area (Å²) in [5, 5.41) is 0. The molecule has 0 spiro atoms. The summed E-state index contributed by atoms with van der Waals surface area (Å²) < 4.78 is 30.8. The lowest BCUT2D eigenvalue weighted by molar-refractivity contribution is 0.449. The highest BCUT2D eigenvalue weighted by molar-refractivity contribution is 8.42. The van der Waals surface area contributed by atoms with E-state index in [2.05, 4.69) is 6.92 Å². The van der Waals surface area contributed by atoms with E-state index in [1.165, 1.54) is 51.4 Å². The third-order valence-electron chi connectivity index (χ3n) is 3.95. The van der Waals surface area contributed by atoms with Crippen LogP contribution in [0.25, 0.3) is 0 Å². The Hall–Kier alpha value is -0.360. The number of benzene rings is 1. The Balaban J connectivity index is 2.24. The lowest BCUT2D eigenvalue weighted by atomic mass is 10.1. The molecule has 0 saturated carbocycles. The van der Waals surface area contributed by atoms with E-state index >= 15 is 0 Å². The van der Waals surface area contributed by atoms with Gasteiger partial charge >= 0.3 is 0 Å². The monoisotopic (exact) mass is 360 g/mol. The molecule has 0 saturated heterocycles. The minimum atomic E-state index is -3.75. The van der Waals surface area contributed by atoms with Crippen LogP contribution in [0.4, 0.5) is 0 Å². The van der Waals surface area contributed by atoms with Crippen molar-refractivity contribution >= 4 is 18.5 Å². The van der Waals surface area contributed by atoms with Crippen molar-refractivity contribution in [2.75, 3.05) is 5.75 Å². The first-order chi connectivity index (χ1) is 11.1. The standard InChI is InChI=1S/C18H32O3S2/c1-2-3-4-5-6-7-8-9-10-14-17-22(23(19,20)21)18-15-12-11-13-16-18/h11-13,15-16H,2-10,14,17H2,1H3,(H2,19,20,21). The summed E-state index contributed by atoms with van der Waals surface area (Å²) >= 11 is 0. The SMILES string of the molecule is CCCCCCCCCCCCS(c1ccccc1)=S(=O)(O)O. The maximum Gasteiger partial charge on any atom is 0.228 e. The van der Waals surface area contributed by atoms with Crippen LogP contribution in [-0.4, -0.2) is 19.1 Å². The van der Waals surface area contributed by atoms with Gasteiger partial charge in [-0.3, -0.25) is 9.11 Å². The summed E-state index contributed by atoms with van der Waals surface area (Å²) in [7, 11) is -4.73. The van der Waals surface area contributed by atoms with Crippen molar-refractivity contribution in [3.63, 3.8) is 0 Å². The van der Waals surface area contributed by atoms with Crippen LogP contribution in [0.2, 0.25) is 0 Å². The van der Waals surface area contributed by atoms with Gasteiger partial charge < -0.3 is 0 Å². The second-order valence-electron chi connectivity index (χ2n) is 5.99. The van der Waals surface area contributed by atoms with Crippen molar-refractivity contribution in [3.05, 3.63) is 30.3 Å². The van der Waals surface area contributed by atoms with Crippen LogP contribution in [0.3, 0.4) is 0 Å². The molecule has 5 heteroatoms. The van der Waals surface area contributed by atoms with E-state index in [-0.39, 0.29) is 0 Å². The van der Waals surface area contributed by atoms with Crippen molar-refractivity contribution < 1.29 is 13.3 Å². The molecule has 1 rings (SSSR count). The van der Waals surface area contributed by atoms with Crippen molar-refractivity contribution in [2.24, 2.45) is 0 Å². The zero-order valence-electron chi connectivity index (χ0n) is 14.3. The average Bonchev–Trinajstić information content (AvgIpc) is 2.52. The van der Waals surface area contributed by atoms with Gasteiger partial charge in [-0.25, -0.2) is 4.21 Å². The lowest BCUT2D eigenvalue weighted by Crippen LogP contribution is -2.10. The van der Waals surface area contributed by atoms with Gasteiger partial charge in [-0.1, -0.05) is 92.4 Å². The van der Waals surface area contributed by atoms with Gasteiger partial charge in [0.25, 0.3) is 0 Å². The Morgan fingerprint density at radius 3 is 1.78 bits per heavy atom. The van der Waals surface area contributed by atoms with Gasteiger partial charge in [0, 0.05) is 10.6 Å². The summed E-state index contributed by atoms with van der Waals surface area (Å²) in [6, 6.07) is 9.22. The molecule has 1 unspecified atom stereocenters. The van der Waals surface area contributed by atoms with Crippen molar-refractivity contribution in [3.8, 4) is 0 Å². The number of hydrogen-bond acceptors (Lipinski definition) is 1. The molecule has 1 atom stereocenters. The molecule has 1 aromatic carbocycles. The van der Waals surface area contributed by atoms with Gasteiger partial charge in [0.1, 0.15) is 0 Å². The van der Waals surface area contributed by atoms with E-state index in [9.17, 15) is 13.3 Å². The van der Waals surface area contributed by atoms with Crippen LogP contribution < -0.4 is 0 Å². The number of unbranched alkanes of at least 4 members (excludes halogenated alkanes) is 9. The lowest BCUT2D eigenvalue weighted by Gasteiger charge is -2.10. The fraction of sp³-hybridized carbons (Fsp3) is 0.667. The van der Waals surface area contributed by atoms with Gasteiger partial charge in [-0.15, -0.1) is 0 Å². The highest BCUT2D eigenvalue weighted by Crippen LogP contribution is 2.15. The molecule has 2 N–H and O–H groups in total.